The molecular formula is C16H29NO. The van der Waals surface area contributed by atoms with E-state index in [9.17, 15) is 5.26 Å². The van der Waals surface area contributed by atoms with Gasteiger partial charge in [0.15, 0.2) is 0 Å². The summed E-state index contributed by atoms with van der Waals surface area (Å²) in [4.78, 5) is 0. The van der Waals surface area contributed by atoms with Crippen LogP contribution in [0.15, 0.2) is 0 Å². The Morgan fingerprint density at radius 2 is 1.72 bits per heavy atom. The molecule has 0 N–H and O–H groups in total. The fraction of sp³-hybridized carbons (Fsp3) is 0.938. The third kappa shape index (κ3) is 4.98. The molecule has 0 aromatic carbocycles. The number of nitriles is 1. The first-order valence-electron chi connectivity index (χ1n) is 7.38. The largest absolute Gasteiger partial charge is 0.381 e. The second-order valence-electron chi connectivity index (χ2n) is 7.10. The minimum atomic E-state index is -0.104. The smallest absolute Gasteiger partial charge is 0.0690 e. The van der Waals surface area contributed by atoms with Crippen LogP contribution < -0.4 is 0 Å². The van der Waals surface area contributed by atoms with Crippen molar-refractivity contribution < 1.29 is 4.74 Å². The van der Waals surface area contributed by atoms with Crippen molar-refractivity contribution in [3.63, 3.8) is 0 Å². The number of rotatable bonds is 6. The van der Waals surface area contributed by atoms with Crippen molar-refractivity contribution in [3.8, 4) is 6.07 Å². The summed E-state index contributed by atoms with van der Waals surface area (Å²) < 4.78 is 5.67. The van der Waals surface area contributed by atoms with Gasteiger partial charge in [-0.2, -0.15) is 5.26 Å². The van der Waals surface area contributed by atoms with Gasteiger partial charge in [0.1, 0.15) is 0 Å². The zero-order valence-electron chi connectivity index (χ0n) is 12.6. The molecule has 0 aliphatic heterocycles. The monoisotopic (exact) mass is 251 g/mol. The van der Waals surface area contributed by atoms with Gasteiger partial charge in [0.25, 0.3) is 0 Å². The fourth-order valence-electron chi connectivity index (χ4n) is 2.51. The van der Waals surface area contributed by atoms with Crippen molar-refractivity contribution in [3.05, 3.63) is 0 Å². The summed E-state index contributed by atoms with van der Waals surface area (Å²) in [5, 5.41) is 9.45. The highest BCUT2D eigenvalue weighted by atomic mass is 16.5. The zero-order valence-corrected chi connectivity index (χ0v) is 12.6. The van der Waals surface area contributed by atoms with Gasteiger partial charge in [0, 0.05) is 13.2 Å². The molecule has 2 heteroatoms. The summed E-state index contributed by atoms with van der Waals surface area (Å²) in [5.41, 5.74) is 0.326. The summed E-state index contributed by atoms with van der Waals surface area (Å²) in [7, 11) is 0. The molecule has 0 atom stereocenters. The second kappa shape index (κ2) is 6.57. The van der Waals surface area contributed by atoms with E-state index in [1.165, 1.54) is 12.8 Å². The van der Waals surface area contributed by atoms with Crippen molar-refractivity contribution in [1.29, 1.82) is 5.26 Å². The van der Waals surface area contributed by atoms with E-state index in [2.05, 4.69) is 33.8 Å². The van der Waals surface area contributed by atoms with E-state index < -0.39 is 0 Å². The van der Waals surface area contributed by atoms with E-state index in [1.54, 1.807) is 0 Å². The lowest BCUT2D eigenvalue weighted by atomic mass is 9.64. The van der Waals surface area contributed by atoms with Crippen LogP contribution in [0, 0.1) is 28.1 Å². The SMILES string of the molecule is CC(C)CCOCCC1(C#N)CCC(C)(C)CC1. The molecule has 1 fully saturated rings. The number of hydrogen-bond acceptors (Lipinski definition) is 2. The summed E-state index contributed by atoms with van der Waals surface area (Å²) in [6.07, 6.45) is 6.47. The van der Waals surface area contributed by atoms with E-state index >= 15 is 0 Å². The quantitative estimate of drug-likeness (QED) is 0.649. The van der Waals surface area contributed by atoms with Gasteiger partial charge in [0.05, 0.1) is 11.5 Å². The first kappa shape index (κ1) is 15.5. The molecule has 0 aromatic heterocycles. The standard InChI is InChI=1S/C16H29NO/c1-14(2)5-11-18-12-10-16(13-17)8-6-15(3,4)7-9-16/h14H,5-12H2,1-4H3. The van der Waals surface area contributed by atoms with Gasteiger partial charge in [-0.25, -0.2) is 0 Å². The van der Waals surface area contributed by atoms with Gasteiger partial charge in [-0.3, -0.25) is 0 Å². The Labute approximate surface area is 113 Å². The molecular weight excluding hydrogens is 222 g/mol. The average Bonchev–Trinajstić information content (AvgIpc) is 2.31. The van der Waals surface area contributed by atoms with Crippen LogP contribution in [-0.2, 0) is 4.74 Å². The number of ether oxygens (including phenoxy) is 1. The van der Waals surface area contributed by atoms with Gasteiger partial charge in [-0.15, -0.1) is 0 Å². The molecule has 0 unspecified atom stereocenters. The lowest BCUT2D eigenvalue weighted by molar-refractivity contribution is 0.0707. The molecule has 0 amide bonds. The Balaban J connectivity index is 2.28. The van der Waals surface area contributed by atoms with Gasteiger partial charge in [0.2, 0.25) is 0 Å². The first-order chi connectivity index (χ1) is 8.39. The molecule has 0 heterocycles. The van der Waals surface area contributed by atoms with Crippen LogP contribution in [0.2, 0.25) is 0 Å². The Kier molecular flexibility index (Phi) is 5.66. The van der Waals surface area contributed by atoms with Crippen molar-refractivity contribution in [1.82, 2.24) is 0 Å². The molecule has 0 spiro atoms. The number of nitrogens with zero attached hydrogens (tertiary/aromatic N) is 1. The molecule has 1 aliphatic carbocycles. The summed E-state index contributed by atoms with van der Waals surface area (Å²) in [6, 6.07) is 2.57. The third-order valence-electron chi connectivity index (χ3n) is 4.36. The second-order valence-corrected chi connectivity index (χ2v) is 7.10. The van der Waals surface area contributed by atoms with Crippen LogP contribution in [0.4, 0.5) is 0 Å². The molecule has 1 aliphatic rings. The molecule has 1 saturated carbocycles. The van der Waals surface area contributed by atoms with Crippen LogP contribution in [0.1, 0.15) is 66.2 Å². The molecule has 0 saturated heterocycles. The summed E-state index contributed by atoms with van der Waals surface area (Å²) in [6.45, 7) is 10.6. The Morgan fingerprint density at radius 3 is 2.22 bits per heavy atom. The summed E-state index contributed by atoms with van der Waals surface area (Å²) in [5.74, 6) is 0.699. The number of hydrogen-bond donors (Lipinski definition) is 0. The van der Waals surface area contributed by atoms with Crippen molar-refractivity contribution >= 4 is 0 Å². The average molecular weight is 251 g/mol. The summed E-state index contributed by atoms with van der Waals surface area (Å²) >= 11 is 0. The lowest BCUT2D eigenvalue weighted by Crippen LogP contribution is -2.31. The Hall–Kier alpha value is -0.550. The molecule has 1 rings (SSSR count). The normalized spacial score (nSPS) is 21.8. The molecule has 0 bridgehead atoms. The van der Waals surface area contributed by atoms with E-state index in [1.807, 2.05) is 0 Å². The minimum absolute atomic E-state index is 0.104. The maximum absolute atomic E-state index is 9.45. The molecule has 104 valence electrons. The predicted octanol–water partition coefficient (Wildman–Crippen LogP) is 4.55. The van der Waals surface area contributed by atoms with Crippen molar-refractivity contribution in [2.75, 3.05) is 13.2 Å². The van der Waals surface area contributed by atoms with Crippen LogP contribution in [0.5, 0.6) is 0 Å². The van der Waals surface area contributed by atoms with E-state index in [0.717, 1.165) is 38.9 Å². The third-order valence-corrected chi connectivity index (χ3v) is 4.36. The van der Waals surface area contributed by atoms with Gasteiger partial charge in [-0.1, -0.05) is 27.7 Å². The molecule has 18 heavy (non-hydrogen) atoms. The van der Waals surface area contributed by atoms with Gasteiger partial charge >= 0.3 is 0 Å². The highest BCUT2D eigenvalue weighted by Crippen LogP contribution is 2.46. The van der Waals surface area contributed by atoms with Crippen LogP contribution in [0.3, 0.4) is 0 Å². The van der Waals surface area contributed by atoms with E-state index in [0.29, 0.717) is 11.3 Å². The maximum Gasteiger partial charge on any atom is 0.0690 e. The van der Waals surface area contributed by atoms with Crippen molar-refractivity contribution in [2.45, 2.75) is 66.2 Å². The van der Waals surface area contributed by atoms with Crippen LogP contribution >= 0.6 is 0 Å². The van der Waals surface area contributed by atoms with Crippen LogP contribution in [0.25, 0.3) is 0 Å². The zero-order chi connectivity index (χ0) is 13.6. The fourth-order valence-corrected chi connectivity index (χ4v) is 2.51. The van der Waals surface area contributed by atoms with Gasteiger partial charge in [-0.05, 0) is 49.9 Å². The first-order valence-corrected chi connectivity index (χ1v) is 7.38. The topological polar surface area (TPSA) is 33.0 Å². The lowest BCUT2D eigenvalue weighted by Gasteiger charge is -2.39. The molecule has 0 radical (unpaired) electrons. The highest BCUT2D eigenvalue weighted by Gasteiger charge is 2.38. The minimum Gasteiger partial charge on any atom is -0.381 e. The van der Waals surface area contributed by atoms with E-state index in [4.69, 9.17) is 4.74 Å². The molecule has 0 aromatic rings. The molecule has 2 nitrogen and oxygen atoms in total. The Bertz CT molecular complexity index is 278. The predicted molar refractivity (Wildman–Crippen MR) is 75.2 cm³/mol. The Morgan fingerprint density at radius 1 is 1.11 bits per heavy atom. The maximum atomic E-state index is 9.45. The van der Waals surface area contributed by atoms with Gasteiger partial charge < -0.3 is 4.74 Å². The van der Waals surface area contributed by atoms with Crippen LogP contribution in [-0.4, -0.2) is 13.2 Å². The van der Waals surface area contributed by atoms with Crippen molar-refractivity contribution in [2.24, 2.45) is 16.7 Å². The van der Waals surface area contributed by atoms with E-state index in [-0.39, 0.29) is 5.41 Å². The highest BCUT2D eigenvalue weighted by molar-refractivity contribution is 5.02.